The topological polar surface area (TPSA) is 86.8 Å². The van der Waals surface area contributed by atoms with E-state index in [2.05, 4.69) is 21.2 Å². The van der Waals surface area contributed by atoms with Crippen LogP contribution in [0.25, 0.3) is 0 Å². The van der Waals surface area contributed by atoms with Gasteiger partial charge in [-0.05, 0) is 47.9 Å². The highest BCUT2D eigenvalue weighted by Gasteiger charge is 2.35. The Bertz CT molecular complexity index is 1440. The number of nitrogens with zero attached hydrogens (tertiary/aromatic N) is 2. The minimum absolute atomic E-state index is 0.0383. The van der Waals surface area contributed by atoms with Crippen LogP contribution in [0.1, 0.15) is 30.0 Å². The molecule has 1 atom stereocenters. The van der Waals surface area contributed by atoms with Crippen molar-refractivity contribution < 1.29 is 31.2 Å². The van der Waals surface area contributed by atoms with Gasteiger partial charge in [-0.2, -0.15) is 13.2 Å². The van der Waals surface area contributed by atoms with E-state index in [0.29, 0.717) is 28.9 Å². The van der Waals surface area contributed by atoms with Crippen LogP contribution in [0.15, 0.2) is 83.3 Å². The average molecular weight is 655 g/mol. The Kier molecular flexibility index (Phi) is 11.0. The quantitative estimate of drug-likeness (QED) is 0.284. The van der Waals surface area contributed by atoms with Gasteiger partial charge in [-0.3, -0.25) is 13.9 Å². The molecule has 0 aliphatic heterocycles. The second-order valence-corrected chi connectivity index (χ2v) is 12.3. The summed E-state index contributed by atoms with van der Waals surface area (Å²) in [6.07, 6.45) is -3.10. The number of hydrogen-bond acceptors (Lipinski definition) is 4. The summed E-state index contributed by atoms with van der Waals surface area (Å²) in [7, 11) is -4.19. The molecule has 0 heterocycles. The molecule has 7 nitrogen and oxygen atoms in total. The van der Waals surface area contributed by atoms with Crippen molar-refractivity contribution in [2.45, 2.75) is 38.5 Å². The second kappa shape index (κ2) is 14.0. The molecule has 2 amide bonds. The third-order valence-electron chi connectivity index (χ3n) is 6.23. The van der Waals surface area contributed by atoms with Gasteiger partial charge in [0.05, 0.1) is 17.5 Å². The number of halogens is 4. The monoisotopic (exact) mass is 653 g/mol. The molecule has 0 bridgehead atoms. The second-order valence-electron chi connectivity index (χ2n) is 9.46. The fourth-order valence-corrected chi connectivity index (χ4v) is 5.26. The van der Waals surface area contributed by atoms with E-state index in [-0.39, 0.29) is 18.7 Å². The van der Waals surface area contributed by atoms with Crippen molar-refractivity contribution in [1.29, 1.82) is 0 Å². The highest BCUT2D eigenvalue weighted by Crippen LogP contribution is 2.32. The lowest BCUT2D eigenvalue weighted by Crippen LogP contribution is -2.53. The van der Waals surface area contributed by atoms with Crippen LogP contribution in [0.5, 0.6) is 0 Å². The highest BCUT2D eigenvalue weighted by atomic mass is 79.9. The van der Waals surface area contributed by atoms with Gasteiger partial charge in [-0.1, -0.05) is 71.4 Å². The molecule has 0 fully saturated rings. The standard InChI is InChI=1S/C29H31BrF3N3O4S/c1-3-16-34-28(38)26(17-21-8-5-4-6-9-21)35(19-22-12-14-24(30)15-13-22)27(37)20-36(41(2,39)40)25-11-7-10-23(18-25)29(31,32)33/h4-15,18,26H,3,16-17,19-20H2,1-2H3,(H,34,38)/t26-/m1/s1. The predicted octanol–water partition coefficient (Wildman–Crippen LogP) is 5.40. The molecule has 41 heavy (non-hydrogen) atoms. The van der Waals surface area contributed by atoms with E-state index < -0.39 is 46.2 Å². The summed E-state index contributed by atoms with van der Waals surface area (Å²) >= 11 is 3.37. The highest BCUT2D eigenvalue weighted by molar-refractivity contribution is 9.10. The van der Waals surface area contributed by atoms with Crippen LogP contribution >= 0.6 is 15.9 Å². The van der Waals surface area contributed by atoms with Gasteiger partial charge in [0.15, 0.2) is 0 Å². The number of hydrogen-bond donors (Lipinski definition) is 1. The number of sulfonamides is 1. The van der Waals surface area contributed by atoms with E-state index in [0.717, 1.165) is 28.4 Å². The van der Waals surface area contributed by atoms with Crippen molar-refractivity contribution in [3.8, 4) is 0 Å². The summed E-state index contributed by atoms with van der Waals surface area (Å²) in [6.45, 7) is 1.41. The fraction of sp³-hybridized carbons (Fsp3) is 0.310. The van der Waals surface area contributed by atoms with Crippen LogP contribution in [0.4, 0.5) is 18.9 Å². The number of benzene rings is 3. The number of carbonyl (C=O) groups excluding carboxylic acids is 2. The summed E-state index contributed by atoms with van der Waals surface area (Å²) in [5.41, 5.74) is 0.0847. The van der Waals surface area contributed by atoms with Crippen molar-refractivity contribution in [2.75, 3.05) is 23.7 Å². The minimum atomic E-state index is -4.71. The van der Waals surface area contributed by atoms with E-state index in [1.54, 1.807) is 36.4 Å². The number of alkyl halides is 3. The smallest absolute Gasteiger partial charge is 0.354 e. The molecular weight excluding hydrogens is 623 g/mol. The molecular formula is C29H31BrF3N3O4S. The van der Waals surface area contributed by atoms with E-state index >= 15 is 0 Å². The molecule has 0 aromatic heterocycles. The number of anilines is 1. The van der Waals surface area contributed by atoms with Crippen LogP contribution in [-0.2, 0) is 38.8 Å². The van der Waals surface area contributed by atoms with Crippen molar-refractivity contribution in [1.82, 2.24) is 10.2 Å². The lowest BCUT2D eigenvalue weighted by molar-refractivity contribution is -0.140. The van der Waals surface area contributed by atoms with Crippen molar-refractivity contribution in [3.05, 3.63) is 100 Å². The number of carbonyl (C=O) groups is 2. The molecule has 0 spiro atoms. The predicted molar refractivity (Wildman–Crippen MR) is 156 cm³/mol. The molecule has 0 aliphatic rings. The zero-order valence-electron chi connectivity index (χ0n) is 22.6. The van der Waals surface area contributed by atoms with Crippen LogP contribution in [-0.4, -0.2) is 50.5 Å². The third kappa shape index (κ3) is 9.32. The zero-order valence-corrected chi connectivity index (χ0v) is 25.0. The summed E-state index contributed by atoms with van der Waals surface area (Å²) in [4.78, 5) is 28.7. The van der Waals surface area contributed by atoms with Crippen molar-refractivity contribution in [2.24, 2.45) is 0 Å². The molecule has 1 N–H and O–H groups in total. The molecule has 12 heteroatoms. The first-order valence-electron chi connectivity index (χ1n) is 12.8. The number of amides is 2. The largest absolute Gasteiger partial charge is 0.416 e. The lowest BCUT2D eigenvalue weighted by Gasteiger charge is -2.33. The number of rotatable bonds is 12. The molecule has 0 radical (unpaired) electrons. The summed E-state index contributed by atoms with van der Waals surface area (Å²) in [5.74, 6) is -1.17. The Morgan fingerprint density at radius 3 is 2.20 bits per heavy atom. The lowest BCUT2D eigenvalue weighted by atomic mass is 10.0. The van der Waals surface area contributed by atoms with Gasteiger partial charge in [-0.25, -0.2) is 8.42 Å². The molecule has 0 saturated carbocycles. The van der Waals surface area contributed by atoms with Gasteiger partial charge in [0.1, 0.15) is 12.6 Å². The van der Waals surface area contributed by atoms with Crippen LogP contribution in [0, 0.1) is 0 Å². The van der Waals surface area contributed by atoms with Crippen molar-refractivity contribution >= 4 is 43.5 Å². The van der Waals surface area contributed by atoms with Gasteiger partial charge in [0, 0.05) is 24.0 Å². The van der Waals surface area contributed by atoms with Gasteiger partial charge in [0.2, 0.25) is 21.8 Å². The molecule has 0 unspecified atom stereocenters. The normalized spacial score (nSPS) is 12.4. The SMILES string of the molecule is CCCNC(=O)[C@@H](Cc1ccccc1)N(Cc1ccc(Br)cc1)C(=O)CN(c1cccc(C(F)(F)F)c1)S(C)(=O)=O. The Balaban J connectivity index is 2.06. The first-order chi connectivity index (χ1) is 19.3. The molecule has 0 saturated heterocycles. The van der Waals surface area contributed by atoms with Gasteiger partial charge < -0.3 is 10.2 Å². The van der Waals surface area contributed by atoms with Gasteiger partial charge in [0.25, 0.3) is 0 Å². The van der Waals surface area contributed by atoms with E-state index in [1.165, 1.54) is 11.0 Å². The molecule has 0 aliphatic carbocycles. The maximum Gasteiger partial charge on any atom is 0.416 e. The number of nitrogens with one attached hydrogen (secondary N) is 1. The Labute approximate surface area is 246 Å². The van der Waals surface area contributed by atoms with E-state index in [1.807, 2.05) is 25.1 Å². The summed E-state index contributed by atoms with van der Waals surface area (Å²) in [5, 5.41) is 2.83. The molecule has 3 rings (SSSR count). The van der Waals surface area contributed by atoms with E-state index in [9.17, 15) is 31.2 Å². The molecule has 3 aromatic carbocycles. The van der Waals surface area contributed by atoms with Crippen molar-refractivity contribution in [3.63, 3.8) is 0 Å². The zero-order chi connectivity index (χ0) is 30.2. The minimum Gasteiger partial charge on any atom is -0.354 e. The van der Waals surface area contributed by atoms with E-state index in [4.69, 9.17) is 0 Å². The first-order valence-corrected chi connectivity index (χ1v) is 15.4. The third-order valence-corrected chi connectivity index (χ3v) is 7.90. The van der Waals surface area contributed by atoms with Crippen LogP contribution in [0.3, 0.4) is 0 Å². The average Bonchev–Trinajstić information content (AvgIpc) is 2.92. The molecule has 220 valence electrons. The Morgan fingerprint density at radius 2 is 1.61 bits per heavy atom. The maximum absolute atomic E-state index is 13.9. The van der Waals surface area contributed by atoms with Gasteiger partial charge in [-0.15, -0.1) is 0 Å². The Hall–Kier alpha value is -3.38. The first kappa shape index (κ1) is 32.1. The van der Waals surface area contributed by atoms with Crippen LogP contribution in [0.2, 0.25) is 0 Å². The summed E-state index contributed by atoms with van der Waals surface area (Å²) < 4.78 is 67.2. The summed E-state index contributed by atoms with van der Waals surface area (Å²) in [6, 6.07) is 18.9. The maximum atomic E-state index is 13.9. The van der Waals surface area contributed by atoms with Crippen LogP contribution < -0.4 is 9.62 Å². The fourth-order valence-electron chi connectivity index (χ4n) is 4.16. The van der Waals surface area contributed by atoms with Gasteiger partial charge >= 0.3 is 6.18 Å². The Morgan fingerprint density at radius 1 is 0.951 bits per heavy atom. The molecule has 3 aromatic rings.